The molecule has 0 aliphatic carbocycles. The fraction of sp³-hybridized carbons (Fsp3) is 0.250. The van der Waals surface area contributed by atoms with Gasteiger partial charge in [0.25, 0.3) is 0 Å². The van der Waals surface area contributed by atoms with E-state index in [1.165, 1.54) is 19.1 Å². The molecule has 1 rings (SSSR count). The van der Waals surface area contributed by atoms with E-state index < -0.39 is 5.82 Å². The Morgan fingerprint density at radius 3 is 2.94 bits per heavy atom. The largest absolute Gasteiger partial charge is 0.398 e. The molecule has 0 saturated carbocycles. The summed E-state index contributed by atoms with van der Waals surface area (Å²) in [6.07, 6.45) is 0.466. The Kier molecular flexibility index (Phi) is 4.34. The van der Waals surface area contributed by atoms with Gasteiger partial charge in [-0.25, -0.2) is 4.39 Å². The lowest BCUT2D eigenvalue weighted by atomic mass is 10.1. The lowest BCUT2D eigenvalue weighted by molar-refractivity contribution is -0.118. The molecule has 1 aromatic rings. The van der Waals surface area contributed by atoms with Crippen molar-refractivity contribution in [2.75, 3.05) is 12.3 Å². The van der Waals surface area contributed by atoms with Crippen LogP contribution >= 0.6 is 0 Å². The van der Waals surface area contributed by atoms with Gasteiger partial charge in [-0.05, 0) is 12.1 Å². The predicted molar refractivity (Wildman–Crippen MR) is 61.0 cm³/mol. The third kappa shape index (κ3) is 3.62. The first-order valence-corrected chi connectivity index (χ1v) is 4.88. The van der Waals surface area contributed by atoms with Crippen molar-refractivity contribution in [2.45, 2.75) is 13.3 Å². The third-order valence-electron chi connectivity index (χ3n) is 1.88. The maximum Gasteiger partial charge on any atom is 0.216 e. The molecular formula is C12H13FN2O. The van der Waals surface area contributed by atoms with Gasteiger partial charge in [0, 0.05) is 19.9 Å². The summed E-state index contributed by atoms with van der Waals surface area (Å²) in [4.78, 5) is 10.5. The number of nitrogens with two attached hydrogens (primary N) is 1. The first-order chi connectivity index (χ1) is 7.61. The molecule has 4 heteroatoms. The van der Waals surface area contributed by atoms with E-state index in [1.54, 1.807) is 6.07 Å². The van der Waals surface area contributed by atoms with Gasteiger partial charge in [-0.2, -0.15) is 0 Å². The van der Waals surface area contributed by atoms with Crippen molar-refractivity contribution in [3.63, 3.8) is 0 Å². The van der Waals surface area contributed by atoms with Gasteiger partial charge in [0.15, 0.2) is 0 Å². The molecular weight excluding hydrogens is 207 g/mol. The Balaban J connectivity index is 2.60. The fourth-order valence-electron chi connectivity index (χ4n) is 1.12. The molecule has 0 radical (unpaired) electrons. The molecule has 1 amide bonds. The highest BCUT2D eigenvalue weighted by molar-refractivity contribution is 5.72. The molecule has 0 saturated heterocycles. The Bertz CT molecular complexity index is 426. The minimum Gasteiger partial charge on any atom is -0.398 e. The fourth-order valence-corrected chi connectivity index (χ4v) is 1.12. The average Bonchev–Trinajstić information content (AvgIpc) is 2.21. The van der Waals surface area contributed by atoms with Gasteiger partial charge in [0.1, 0.15) is 5.82 Å². The Labute approximate surface area is 93.8 Å². The first-order valence-electron chi connectivity index (χ1n) is 4.88. The Hall–Kier alpha value is -2.02. The molecule has 3 nitrogen and oxygen atoms in total. The lowest BCUT2D eigenvalue weighted by Gasteiger charge is -1.98. The van der Waals surface area contributed by atoms with Crippen LogP contribution in [0.25, 0.3) is 0 Å². The Morgan fingerprint density at radius 1 is 1.56 bits per heavy atom. The number of nitrogen functional groups attached to an aromatic ring is 1. The highest BCUT2D eigenvalue weighted by atomic mass is 19.1. The number of anilines is 1. The van der Waals surface area contributed by atoms with Gasteiger partial charge in [-0.15, -0.1) is 0 Å². The van der Waals surface area contributed by atoms with Crippen LogP contribution < -0.4 is 11.1 Å². The van der Waals surface area contributed by atoms with Crippen LogP contribution in [0, 0.1) is 17.7 Å². The summed E-state index contributed by atoms with van der Waals surface area (Å²) in [5.74, 6) is 4.88. The number of hydrogen-bond donors (Lipinski definition) is 2. The van der Waals surface area contributed by atoms with Crippen molar-refractivity contribution < 1.29 is 9.18 Å². The van der Waals surface area contributed by atoms with Crippen LogP contribution in [-0.4, -0.2) is 12.5 Å². The summed E-state index contributed by atoms with van der Waals surface area (Å²) in [6.45, 7) is 1.89. The van der Waals surface area contributed by atoms with Crippen molar-refractivity contribution in [2.24, 2.45) is 0 Å². The van der Waals surface area contributed by atoms with Gasteiger partial charge in [0.05, 0.1) is 11.3 Å². The zero-order valence-corrected chi connectivity index (χ0v) is 9.01. The minimum atomic E-state index is -0.424. The van der Waals surface area contributed by atoms with Crippen molar-refractivity contribution in [1.29, 1.82) is 0 Å². The molecule has 0 heterocycles. The maximum atomic E-state index is 13.2. The molecule has 3 N–H and O–H groups in total. The van der Waals surface area contributed by atoms with Crippen LogP contribution in [0.15, 0.2) is 18.2 Å². The zero-order chi connectivity index (χ0) is 12.0. The monoisotopic (exact) mass is 220 g/mol. The van der Waals surface area contributed by atoms with Gasteiger partial charge in [-0.3, -0.25) is 4.79 Å². The van der Waals surface area contributed by atoms with Crippen LogP contribution in [0.3, 0.4) is 0 Å². The van der Waals surface area contributed by atoms with Gasteiger partial charge < -0.3 is 11.1 Å². The van der Waals surface area contributed by atoms with E-state index in [9.17, 15) is 9.18 Å². The summed E-state index contributed by atoms with van der Waals surface area (Å²) in [7, 11) is 0. The van der Waals surface area contributed by atoms with Crippen molar-refractivity contribution >= 4 is 11.6 Å². The molecule has 1 aromatic carbocycles. The predicted octanol–water partition coefficient (Wildman–Crippen LogP) is 1.29. The van der Waals surface area contributed by atoms with Crippen LogP contribution in [0.2, 0.25) is 0 Å². The van der Waals surface area contributed by atoms with Gasteiger partial charge in [-0.1, -0.05) is 17.9 Å². The summed E-state index contributed by atoms with van der Waals surface area (Å²) in [5.41, 5.74) is 6.11. The van der Waals surface area contributed by atoms with E-state index in [0.717, 1.165) is 0 Å². The van der Waals surface area contributed by atoms with E-state index in [0.29, 0.717) is 18.7 Å². The number of benzene rings is 1. The summed E-state index contributed by atoms with van der Waals surface area (Å²) in [6, 6.07) is 4.45. The van der Waals surface area contributed by atoms with E-state index in [2.05, 4.69) is 17.2 Å². The number of carbonyl (C=O) groups is 1. The molecule has 84 valence electrons. The van der Waals surface area contributed by atoms with E-state index in [4.69, 9.17) is 5.73 Å². The molecule has 0 aromatic heterocycles. The molecule has 0 unspecified atom stereocenters. The maximum absolute atomic E-state index is 13.2. The summed E-state index contributed by atoms with van der Waals surface area (Å²) >= 11 is 0. The average molecular weight is 220 g/mol. The second-order valence-corrected chi connectivity index (χ2v) is 3.24. The second-order valence-electron chi connectivity index (χ2n) is 3.24. The minimum absolute atomic E-state index is 0.104. The van der Waals surface area contributed by atoms with Crippen molar-refractivity contribution in [1.82, 2.24) is 5.32 Å². The number of rotatable bonds is 2. The van der Waals surface area contributed by atoms with Gasteiger partial charge >= 0.3 is 0 Å². The molecule has 0 aliphatic rings. The van der Waals surface area contributed by atoms with Crippen molar-refractivity contribution in [3.05, 3.63) is 29.6 Å². The van der Waals surface area contributed by atoms with Crippen LogP contribution in [0.4, 0.5) is 10.1 Å². The number of carbonyl (C=O) groups excluding carboxylic acids is 1. The summed E-state index contributed by atoms with van der Waals surface area (Å²) in [5, 5.41) is 2.59. The first kappa shape index (κ1) is 12.1. The lowest BCUT2D eigenvalue weighted by Crippen LogP contribution is -2.20. The molecule has 0 spiro atoms. The number of hydrogen-bond acceptors (Lipinski definition) is 2. The zero-order valence-electron chi connectivity index (χ0n) is 9.01. The highest BCUT2D eigenvalue weighted by Crippen LogP contribution is 2.13. The molecule has 0 aliphatic heterocycles. The van der Waals surface area contributed by atoms with E-state index in [-0.39, 0.29) is 11.5 Å². The van der Waals surface area contributed by atoms with Crippen LogP contribution in [-0.2, 0) is 4.79 Å². The number of halogens is 1. The number of amides is 1. The van der Waals surface area contributed by atoms with Crippen LogP contribution in [0.1, 0.15) is 18.9 Å². The van der Waals surface area contributed by atoms with E-state index in [1.807, 2.05) is 0 Å². The van der Waals surface area contributed by atoms with Gasteiger partial charge in [0.2, 0.25) is 5.91 Å². The van der Waals surface area contributed by atoms with Crippen LogP contribution in [0.5, 0.6) is 0 Å². The smallest absolute Gasteiger partial charge is 0.216 e. The Morgan fingerprint density at radius 2 is 2.31 bits per heavy atom. The SMILES string of the molecule is CC(=O)NCCC#Cc1c(N)cccc1F. The normalized spacial score (nSPS) is 9.12. The molecule has 0 fully saturated rings. The highest BCUT2D eigenvalue weighted by Gasteiger charge is 2.01. The number of nitrogens with one attached hydrogen (secondary N) is 1. The quantitative estimate of drug-likeness (QED) is 0.448. The standard InChI is InChI=1S/C12H13FN2O/c1-9(16)15-8-3-2-5-10-11(13)6-4-7-12(10)14/h4,6-7H,3,8,14H2,1H3,(H,15,16). The second kappa shape index (κ2) is 5.76. The molecule has 16 heavy (non-hydrogen) atoms. The van der Waals surface area contributed by atoms with E-state index >= 15 is 0 Å². The third-order valence-corrected chi connectivity index (χ3v) is 1.88. The van der Waals surface area contributed by atoms with Crippen molar-refractivity contribution in [3.8, 4) is 11.8 Å². The topological polar surface area (TPSA) is 55.1 Å². The summed E-state index contributed by atoms with van der Waals surface area (Å²) < 4.78 is 13.2. The molecule has 0 bridgehead atoms. The molecule has 0 atom stereocenters.